The summed E-state index contributed by atoms with van der Waals surface area (Å²) in [6, 6.07) is 0. The average molecular weight is 140 g/mol. The van der Waals surface area contributed by atoms with Crippen molar-refractivity contribution in [1.82, 2.24) is 0 Å². The Labute approximate surface area is 61.2 Å². The summed E-state index contributed by atoms with van der Waals surface area (Å²) in [7, 11) is 1.48. The van der Waals surface area contributed by atoms with Gasteiger partial charge in [-0.1, -0.05) is 13.5 Å². The third-order valence-corrected chi connectivity index (χ3v) is 1.04. The van der Waals surface area contributed by atoms with Gasteiger partial charge in [0.2, 0.25) is 5.78 Å². The molecule has 0 aromatic rings. The molecule has 0 amide bonds. The second-order valence-electron chi connectivity index (χ2n) is 1.75. The molecule has 0 heterocycles. The molecule has 10 heavy (non-hydrogen) atoms. The van der Waals surface area contributed by atoms with Crippen molar-refractivity contribution >= 4 is 5.78 Å². The van der Waals surface area contributed by atoms with Crippen molar-refractivity contribution in [1.29, 1.82) is 0 Å². The zero-order chi connectivity index (χ0) is 7.98. The molecular weight excluding hydrogens is 128 g/mol. The minimum atomic E-state index is -0.163. The molecule has 0 saturated carbocycles. The van der Waals surface area contributed by atoms with Crippen LogP contribution in [-0.2, 0) is 9.53 Å². The molecule has 56 valence electrons. The van der Waals surface area contributed by atoms with E-state index in [0.29, 0.717) is 5.76 Å². The number of carbonyl (C=O) groups is 1. The Bertz CT molecular complexity index is 157. The van der Waals surface area contributed by atoms with Gasteiger partial charge in [-0.25, -0.2) is 0 Å². The van der Waals surface area contributed by atoms with E-state index in [0.717, 1.165) is 6.42 Å². The molecule has 0 atom stereocenters. The van der Waals surface area contributed by atoms with Crippen LogP contribution in [0.1, 0.15) is 13.3 Å². The van der Waals surface area contributed by atoms with Crippen molar-refractivity contribution < 1.29 is 9.53 Å². The maximum Gasteiger partial charge on any atom is 0.219 e. The van der Waals surface area contributed by atoms with Crippen LogP contribution in [0.25, 0.3) is 0 Å². The number of ketones is 1. The highest BCUT2D eigenvalue weighted by atomic mass is 16.5. The summed E-state index contributed by atoms with van der Waals surface area (Å²) >= 11 is 0. The number of hydrogen-bond acceptors (Lipinski definition) is 2. The molecule has 0 aliphatic carbocycles. The Kier molecular flexibility index (Phi) is 4.29. The van der Waals surface area contributed by atoms with Crippen LogP contribution in [0.2, 0.25) is 0 Å². The third-order valence-electron chi connectivity index (χ3n) is 1.04. The fourth-order valence-electron chi connectivity index (χ4n) is 0.571. The summed E-state index contributed by atoms with van der Waals surface area (Å²) < 4.78 is 4.78. The highest BCUT2D eigenvalue weighted by molar-refractivity contribution is 6.01. The molecule has 0 aliphatic rings. The molecule has 0 rings (SSSR count). The Hall–Kier alpha value is -1.05. The van der Waals surface area contributed by atoms with Gasteiger partial charge >= 0.3 is 0 Å². The Morgan fingerprint density at radius 3 is 2.60 bits per heavy atom. The van der Waals surface area contributed by atoms with Crippen molar-refractivity contribution in [2.75, 3.05) is 7.11 Å². The quantitative estimate of drug-likeness (QED) is 0.438. The fourth-order valence-corrected chi connectivity index (χ4v) is 0.571. The summed E-state index contributed by atoms with van der Waals surface area (Å²) in [5.41, 5.74) is 0. The summed E-state index contributed by atoms with van der Waals surface area (Å²) in [6.45, 7) is 5.28. The molecule has 0 N–H and O–H groups in total. The van der Waals surface area contributed by atoms with Gasteiger partial charge in [-0.05, 0) is 18.6 Å². The van der Waals surface area contributed by atoms with Gasteiger partial charge in [0.05, 0.1) is 7.11 Å². The molecule has 0 aliphatic heterocycles. The molecular formula is C8H12O2. The van der Waals surface area contributed by atoms with E-state index in [2.05, 4.69) is 6.58 Å². The summed E-state index contributed by atoms with van der Waals surface area (Å²) in [5, 5.41) is 0. The van der Waals surface area contributed by atoms with E-state index in [1.807, 2.05) is 6.92 Å². The van der Waals surface area contributed by atoms with Crippen LogP contribution in [0.5, 0.6) is 0 Å². The maximum absolute atomic E-state index is 10.8. The molecule has 0 fully saturated rings. The second kappa shape index (κ2) is 4.79. The largest absolute Gasteiger partial charge is 0.493 e. The van der Waals surface area contributed by atoms with Gasteiger partial charge in [-0.15, -0.1) is 0 Å². The summed E-state index contributed by atoms with van der Waals surface area (Å²) in [6.07, 6.45) is 3.76. The topological polar surface area (TPSA) is 26.3 Å². The van der Waals surface area contributed by atoms with E-state index in [4.69, 9.17) is 4.74 Å². The second-order valence-corrected chi connectivity index (χ2v) is 1.75. The predicted octanol–water partition coefficient (Wildman–Crippen LogP) is 1.68. The van der Waals surface area contributed by atoms with Crippen molar-refractivity contribution in [2.24, 2.45) is 0 Å². The Morgan fingerprint density at radius 1 is 1.70 bits per heavy atom. The number of methoxy groups -OCH3 is 1. The lowest BCUT2D eigenvalue weighted by Gasteiger charge is -1.98. The van der Waals surface area contributed by atoms with Crippen molar-refractivity contribution in [3.8, 4) is 0 Å². The molecule has 2 nitrogen and oxygen atoms in total. The van der Waals surface area contributed by atoms with Gasteiger partial charge in [0.25, 0.3) is 0 Å². The number of carbonyl (C=O) groups excluding carboxylic acids is 1. The van der Waals surface area contributed by atoms with Gasteiger partial charge in [-0.3, -0.25) is 4.79 Å². The summed E-state index contributed by atoms with van der Waals surface area (Å²) in [4.78, 5) is 10.8. The SMILES string of the molecule is C=CC(=O)/C(=C\CC)OC. The standard InChI is InChI=1S/C8H12O2/c1-4-6-8(10-3)7(9)5-2/h5-6H,2,4H2,1,3H3/b8-6+. The first-order chi connectivity index (χ1) is 4.76. The molecule has 0 aromatic heterocycles. The minimum absolute atomic E-state index is 0.163. The van der Waals surface area contributed by atoms with Crippen LogP contribution in [0.15, 0.2) is 24.5 Å². The molecule has 0 bridgehead atoms. The maximum atomic E-state index is 10.8. The first-order valence-corrected chi connectivity index (χ1v) is 3.17. The van der Waals surface area contributed by atoms with Gasteiger partial charge in [0, 0.05) is 0 Å². The third kappa shape index (κ3) is 2.49. The first kappa shape index (κ1) is 8.95. The monoisotopic (exact) mass is 140 g/mol. The van der Waals surface area contributed by atoms with Gasteiger partial charge in [0.1, 0.15) is 0 Å². The number of rotatable bonds is 4. The highest BCUT2D eigenvalue weighted by Crippen LogP contribution is 1.99. The molecule has 0 radical (unpaired) electrons. The normalized spacial score (nSPS) is 10.8. The van der Waals surface area contributed by atoms with E-state index in [1.54, 1.807) is 6.08 Å². The van der Waals surface area contributed by atoms with Crippen molar-refractivity contribution in [2.45, 2.75) is 13.3 Å². The van der Waals surface area contributed by atoms with E-state index in [1.165, 1.54) is 13.2 Å². The van der Waals surface area contributed by atoms with Crippen molar-refractivity contribution in [3.63, 3.8) is 0 Å². The zero-order valence-electron chi connectivity index (χ0n) is 6.39. The van der Waals surface area contributed by atoms with Crippen LogP contribution in [0.4, 0.5) is 0 Å². The molecule has 0 aromatic carbocycles. The molecule has 0 spiro atoms. The van der Waals surface area contributed by atoms with E-state index >= 15 is 0 Å². The van der Waals surface area contributed by atoms with Crippen LogP contribution >= 0.6 is 0 Å². The van der Waals surface area contributed by atoms with Crippen LogP contribution in [0.3, 0.4) is 0 Å². The molecule has 0 unspecified atom stereocenters. The number of allylic oxidation sites excluding steroid dienone is 2. The lowest BCUT2D eigenvalue weighted by Crippen LogP contribution is -1.99. The number of hydrogen-bond donors (Lipinski definition) is 0. The molecule has 2 heteroatoms. The highest BCUT2D eigenvalue weighted by Gasteiger charge is 2.01. The lowest BCUT2D eigenvalue weighted by atomic mass is 10.3. The van der Waals surface area contributed by atoms with Gasteiger partial charge in [-0.2, -0.15) is 0 Å². The Balaban J connectivity index is 4.19. The Morgan fingerprint density at radius 2 is 2.30 bits per heavy atom. The van der Waals surface area contributed by atoms with Crippen LogP contribution < -0.4 is 0 Å². The van der Waals surface area contributed by atoms with Crippen molar-refractivity contribution in [3.05, 3.63) is 24.5 Å². The van der Waals surface area contributed by atoms with Crippen LogP contribution in [-0.4, -0.2) is 12.9 Å². The average Bonchev–Trinajstić information content (AvgIpc) is 1.99. The van der Waals surface area contributed by atoms with E-state index in [9.17, 15) is 4.79 Å². The van der Waals surface area contributed by atoms with Gasteiger partial charge < -0.3 is 4.74 Å². The predicted molar refractivity (Wildman–Crippen MR) is 40.6 cm³/mol. The van der Waals surface area contributed by atoms with E-state index in [-0.39, 0.29) is 5.78 Å². The van der Waals surface area contributed by atoms with E-state index < -0.39 is 0 Å². The number of ether oxygens (including phenoxy) is 1. The fraction of sp³-hybridized carbons (Fsp3) is 0.375. The lowest BCUT2D eigenvalue weighted by molar-refractivity contribution is -0.114. The van der Waals surface area contributed by atoms with Crippen LogP contribution in [0, 0.1) is 0 Å². The first-order valence-electron chi connectivity index (χ1n) is 3.17. The minimum Gasteiger partial charge on any atom is -0.493 e. The smallest absolute Gasteiger partial charge is 0.219 e. The molecule has 0 saturated heterocycles. The van der Waals surface area contributed by atoms with Gasteiger partial charge in [0.15, 0.2) is 5.76 Å². The summed E-state index contributed by atoms with van der Waals surface area (Å²) in [5.74, 6) is 0.210. The zero-order valence-corrected chi connectivity index (χ0v) is 6.39.